The summed E-state index contributed by atoms with van der Waals surface area (Å²) in [7, 11) is 0. The number of rotatable bonds is 9. The molecule has 0 saturated carbocycles. The Hall–Kier alpha value is -2.16. The maximum absolute atomic E-state index is 5.99. The number of hydrogen-bond donors (Lipinski definition) is 1. The van der Waals surface area contributed by atoms with Gasteiger partial charge in [0.15, 0.2) is 0 Å². The van der Waals surface area contributed by atoms with Crippen LogP contribution in [0, 0.1) is 0 Å². The highest BCUT2D eigenvalue weighted by atomic mass is 16.5. The number of benzene rings is 2. The van der Waals surface area contributed by atoms with Crippen molar-refractivity contribution in [2.75, 3.05) is 25.1 Å². The second-order valence-electron chi connectivity index (χ2n) is 7.25. The first-order valence-electron chi connectivity index (χ1n) is 9.19. The summed E-state index contributed by atoms with van der Waals surface area (Å²) in [6.45, 7) is 11.0. The molecule has 1 N–H and O–H groups in total. The van der Waals surface area contributed by atoms with E-state index in [4.69, 9.17) is 9.47 Å². The van der Waals surface area contributed by atoms with Crippen LogP contribution in [0.3, 0.4) is 0 Å². The molecule has 0 aromatic heterocycles. The van der Waals surface area contributed by atoms with E-state index in [2.05, 4.69) is 45.1 Å². The van der Waals surface area contributed by atoms with E-state index in [9.17, 15) is 0 Å². The normalized spacial score (nSPS) is 11.2. The lowest BCUT2D eigenvalue weighted by molar-refractivity contribution is 0.309. The van der Waals surface area contributed by atoms with E-state index in [0.29, 0.717) is 6.61 Å². The van der Waals surface area contributed by atoms with Crippen LogP contribution in [0.15, 0.2) is 48.5 Å². The average Bonchev–Trinajstić information content (AvgIpc) is 2.60. The fraction of sp³-hybridized carbons (Fsp3) is 0.455. The van der Waals surface area contributed by atoms with Crippen molar-refractivity contribution < 1.29 is 9.47 Å². The zero-order chi connectivity index (χ0) is 18.1. The minimum atomic E-state index is 0.0810. The van der Waals surface area contributed by atoms with E-state index in [0.717, 1.165) is 43.2 Å². The number of unbranched alkanes of at least 4 members (excludes halogenated alkanes) is 1. The largest absolute Gasteiger partial charge is 0.494 e. The number of anilines is 1. The summed E-state index contributed by atoms with van der Waals surface area (Å²) >= 11 is 0. The van der Waals surface area contributed by atoms with E-state index in [1.165, 1.54) is 5.56 Å². The van der Waals surface area contributed by atoms with Crippen molar-refractivity contribution >= 4 is 5.69 Å². The van der Waals surface area contributed by atoms with Gasteiger partial charge in [-0.15, -0.1) is 0 Å². The molecule has 0 amide bonds. The van der Waals surface area contributed by atoms with Crippen LogP contribution < -0.4 is 14.8 Å². The minimum Gasteiger partial charge on any atom is -0.494 e. The van der Waals surface area contributed by atoms with Gasteiger partial charge in [0.25, 0.3) is 0 Å². The standard InChI is InChI=1S/C22H31NO2/c1-5-6-16-24-19-13-11-18(12-14-19)23-15-17-25-21-10-8-7-9-20(21)22(2,3)4/h7-14,23H,5-6,15-17H2,1-4H3. The van der Waals surface area contributed by atoms with E-state index in [-0.39, 0.29) is 5.41 Å². The Bertz CT molecular complexity index is 629. The molecule has 0 spiro atoms. The molecule has 0 atom stereocenters. The summed E-state index contributed by atoms with van der Waals surface area (Å²) < 4.78 is 11.7. The molecule has 0 bridgehead atoms. The summed E-state index contributed by atoms with van der Waals surface area (Å²) in [4.78, 5) is 0. The van der Waals surface area contributed by atoms with Crippen LogP contribution in [0.4, 0.5) is 5.69 Å². The summed E-state index contributed by atoms with van der Waals surface area (Å²) in [6.07, 6.45) is 2.24. The van der Waals surface area contributed by atoms with E-state index >= 15 is 0 Å². The molecule has 2 aromatic rings. The second-order valence-corrected chi connectivity index (χ2v) is 7.25. The van der Waals surface area contributed by atoms with E-state index in [1.54, 1.807) is 0 Å². The molecule has 25 heavy (non-hydrogen) atoms. The van der Waals surface area contributed by atoms with Crippen LogP contribution in [-0.2, 0) is 5.41 Å². The third-order valence-electron chi connectivity index (χ3n) is 4.00. The molecule has 136 valence electrons. The summed E-state index contributed by atoms with van der Waals surface area (Å²) in [5.41, 5.74) is 2.40. The molecule has 0 aliphatic carbocycles. The molecule has 0 aliphatic rings. The fourth-order valence-corrected chi connectivity index (χ4v) is 2.57. The molecule has 0 unspecified atom stereocenters. The maximum Gasteiger partial charge on any atom is 0.123 e. The molecule has 0 heterocycles. The van der Waals surface area contributed by atoms with Crippen LogP contribution in [-0.4, -0.2) is 19.8 Å². The maximum atomic E-state index is 5.99. The quantitative estimate of drug-likeness (QED) is 0.597. The lowest BCUT2D eigenvalue weighted by atomic mass is 9.86. The predicted molar refractivity (Wildman–Crippen MR) is 106 cm³/mol. The average molecular weight is 341 g/mol. The van der Waals surface area contributed by atoms with Gasteiger partial charge in [0.2, 0.25) is 0 Å². The monoisotopic (exact) mass is 341 g/mol. The Morgan fingerprint density at radius 1 is 0.880 bits per heavy atom. The van der Waals surface area contributed by atoms with Crippen molar-refractivity contribution in [3.05, 3.63) is 54.1 Å². The van der Waals surface area contributed by atoms with Crippen molar-refractivity contribution in [2.24, 2.45) is 0 Å². The molecule has 0 aliphatic heterocycles. The summed E-state index contributed by atoms with van der Waals surface area (Å²) in [5.74, 6) is 1.89. The van der Waals surface area contributed by atoms with Gasteiger partial charge < -0.3 is 14.8 Å². The van der Waals surface area contributed by atoms with E-state index in [1.807, 2.05) is 36.4 Å². The topological polar surface area (TPSA) is 30.5 Å². The van der Waals surface area contributed by atoms with Gasteiger partial charge in [-0.2, -0.15) is 0 Å². The third-order valence-corrected chi connectivity index (χ3v) is 4.00. The van der Waals surface area contributed by atoms with Gasteiger partial charge in [0, 0.05) is 12.2 Å². The van der Waals surface area contributed by atoms with Crippen LogP contribution >= 0.6 is 0 Å². The number of hydrogen-bond acceptors (Lipinski definition) is 3. The number of ether oxygens (including phenoxy) is 2. The van der Waals surface area contributed by atoms with Crippen molar-refractivity contribution in [1.29, 1.82) is 0 Å². The zero-order valence-corrected chi connectivity index (χ0v) is 16.0. The van der Waals surface area contributed by atoms with Crippen molar-refractivity contribution in [2.45, 2.75) is 46.0 Å². The van der Waals surface area contributed by atoms with Crippen LogP contribution in [0.1, 0.15) is 46.1 Å². The Kier molecular flexibility index (Phi) is 7.17. The van der Waals surface area contributed by atoms with Crippen molar-refractivity contribution in [3.8, 4) is 11.5 Å². The van der Waals surface area contributed by atoms with Gasteiger partial charge in [-0.3, -0.25) is 0 Å². The first-order chi connectivity index (χ1) is 12.0. The molecular weight excluding hydrogens is 310 g/mol. The van der Waals surface area contributed by atoms with Gasteiger partial charge in [-0.05, 0) is 47.7 Å². The molecule has 0 fully saturated rings. The lowest BCUT2D eigenvalue weighted by Crippen LogP contribution is -2.16. The predicted octanol–water partition coefficient (Wildman–Crippen LogP) is 5.65. The Morgan fingerprint density at radius 3 is 2.28 bits per heavy atom. The first kappa shape index (κ1) is 19.2. The molecule has 3 heteroatoms. The number of para-hydroxylation sites is 1. The fourth-order valence-electron chi connectivity index (χ4n) is 2.57. The molecule has 0 radical (unpaired) electrons. The number of nitrogens with one attached hydrogen (secondary N) is 1. The lowest BCUT2D eigenvalue weighted by Gasteiger charge is -2.22. The Labute approximate surface area is 152 Å². The Balaban J connectivity index is 1.78. The molecule has 0 saturated heterocycles. The van der Waals surface area contributed by atoms with Gasteiger partial charge in [-0.1, -0.05) is 52.3 Å². The highest BCUT2D eigenvalue weighted by Gasteiger charge is 2.18. The third kappa shape index (κ3) is 6.33. The van der Waals surface area contributed by atoms with Crippen LogP contribution in [0.2, 0.25) is 0 Å². The summed E-state index contributed by atoms with van der Waals surface area (Å²) in [6, 6.07) is 16.4. The second kappa shape index (κ2) is 9.36. The highest BCUT2D eigenvalue weighted by Crippen LogP contribution is 2.30. The highest BCUT2D eigenvalue weighted by molar-refractivity contribution is 5.46. The minimum absolute atomic E-state index is 0.0810. The zero-order valence-electron chi connectivity index (χ0n) is 16.0. The van der Waals surface area contributed by atoms with Crippen LogP contribution in [0.25, 0.3) is 0 Å². The van der Waals surface area contributed by atoms with Crippen molar-refractivity contribution in [1.82, 2.24) is 0 Å². The van der Waals surface area contributed by atoms with Gasteiger partial charge in [0.05, 0.1) is 6.61 Å². The molecule has 2 aromatic carbocycles. The van der Waals surface area contributed by atoms with Crippen molar-refractivity contribution in [3.63, 3.8) is 0 Å². The van der Waals surface area contributed by atoms with Gasteiger partial charge in [-0.25, -0.2) is 0 Å². The van der Waals surface area contributed by atoms with Crippen LogP contribution in [0.5, 0.6) is 11.5 Å². The summed E-state index contributed by atoms with van der Waals surface area (Å²) in [5, 5.41) is 3.39. The molecule has 2 rings (SSSR count). The first-order valence-corrected chi connectivity index (χ1v) is 9.19. The van der Waals surface area contributed by atoms with Gasteiger partial charge >= 0.3 is 0 Å². The smallest absolute Gasteiger partial charge is 0.123 e. The SMILES string of the molecule is CCCCOc1ccc(NCCOc2ccccc2C(C)(C)C)cc1. The molecular formula is C22H31NO2. The van der Waals surface area contributed by atoms with E-state index < -0.39 is 0 Å². The Morgan fingerprint density at radius 2 is 1.60 bits per heavy atom. The van der Waals surface area contributed by atoms with Gasteiger partial charge in [0.1, 0.15) is 18.1 Å². The molecule has 3 nitrogen and oxygen atoms in total.